The molecule has 0 aromatic carbocycles. The Kier molecular flexibility index (Phi) is 5.34. The number of thioether (sulfide) groups is 1. The summed E-state index contributed by atoms with van der Waals surface area (Å²) in [6, 6.07) is 0. The van der Waals surface area contributed by atoms with Gasteiger partial charge in [-0.05, 0) is 26.3 Å². The fraction of sp³-hybridized carbons (Fsp3) is 0.667. The zero-order valence-electron chi connectivity index (χ0n) is 15.4. The maximum atomic E-state index is 12.9. The van der Waals surface area contributed by atoms with Gasteiger partial charge in [-0.25, -0.2) is 19.7 Å². The van der Waals surface area contributed by atoms with Crippen molar-refractivity contribution in [1.82, 2.24) is 24.8 Å². The average Bonchev–Trinajstić information content (AvgIpc) is 3.15. The normalized spacial score (nSPS) is 29.0. The molecule has 4 rings (SSSR count). The van der Waals surface area contributed by atoms with Crippen molar-refractivity contribution in [3.8, 4) is 0 Å². The van der Waals surface area contributed by atoms with Gasteiger partial charge in [-0.2, -0.15) is 11.8 Å². The van der Waals surface area contributed by atoms with E-state index in [0.29, 0.717) is 22.7 Å². The molecule has 8 nitrogen and oxygen atoms in total. The van der Waals surface area contributed by atoms with E-state index in [9.17, 15) is 9.90 Å². The van der Waals surface area contributed by atoms with Gasteiger partial charge in [0.2, 0.25) is 0 Å². The molecule has 146 valence electrons. The number of fused-ring (bicyclic) bond motifs is 1. The summed E-state index contributed by atoms with van der Waals surface area (Å²) in [4.78, 5) is 26.6. The summed E-state index contributed by atoms with van der Waals surface area (Å²) in [7, 11) is 0. The molecule has 0 aliphatic carbocycles. The minimum absolute atomic E-state index is 0.238. The van der Waals surface area contributed by atoms with E-state index >= 15 is 0 Å². The number of esters is 1. The van der Waals surface area contributed by atoms with Crippen LogP contribution in [0.2, 0.25) is 0 Å². The largest absolute Gasteiger partial charge is 0.464 e. The minimum atomic E-state index is -1.19. The van der Waals surface area contributed by atoms with Crippen molar-refractivity contribution >= 4 is 28.9 Å². The molecule has 2 aliphatic rings. The summed E-state index contributed by atoms with van der Waals surface area (Å²) in [5.74, 6) is 1.48. The second kappa shape index (κ2) is 7.73. The van der Waals surface area contributed by atoms with E-state index in [1.165, 1.54) is 11.8 Å². The molecule has 2 N–H and O–H groups in total. The number of aliphatic hydroxyl groups is 1. The molecule has 0 bridgehead atoms. The maximum Gasteiger partial charge on any atom is 0.336 e. The van der Waals surface area contributed by atoms with Crippen LogP contribution in [0, 0.1) is 0 Å². The topological polar surface area (TPSA) is 102 Å². The molecule has 2 saturated heterocycles. The Balaban J connectivity index is 1.78. The standard InChI is InChI=1S/C18H25N5O3S/c1-2-26-17(25)18(10-27-9-14(18)24)23-11-21-13-8-20-15(22-16(13)23)12-5-3-4-6-19-7-12/h8,11-12,14,19,24H,2-7,9-10H2,1H3. The fourth-order valence-corrected chi connectivity index (χ4v) is 5.27. The van der Waals surface area contributed by atoms with Gasteiger partial charge >= 0.3 is 5.97 Å². The number of rotatable bonds is 4. The monoisotopic (exact) mass is 391 g/mol. The number of carbonyl (C=O) groups is 1. The zero-order valence-corrected chi connectivity index (χ0v) is 16.2. The van der Waals surface area contributed by atoms with Crippen LogP contribution in [0.3, 0.4) is 0 Å². The molecule has 27 heavy (non-hydrogen) atoms. The van der Waals surface area contributed by atoms with Gasteiger partial charge in [0.25, 0.3) is 0 Å². The number of aliphatic hydroxyl groups excluding tert-OH is 1. The van der Waals surface area contributed by atoms with Crippen molar-refractivity contribution in [2.75, 3.05) is 31.2 Å². The van der Waals surface area contributed by atoms with E-state index in [4.69, 9.17) is 9.72 Å². The summed E-state index contributed by atoms with van der Waals surface area (Å²) in [5, 5.41) is 14.1. The zero-order chi connectivity index (χ0) is 18.9. The smallest absolute Gasteiger partial charge is 0.336 e. The fourth-order valence-electron chi connectivity index (χ4n) is 3.89. The van der Waals surface area contributed by atoms with Crippen LogP contribution in [0.1, 0.15) is 37.9 Å². The lowest BCUT2D eigenvalue weighted by Gasteiger charge is -2.31. The van der Waals surface area contributed by atoms with Gasteiger partial charge in [0, 0.05) is 24.0 Å². The molecular weight excluding hydrogens is 366 g/mol. The van der Waals surface area contributed by atoms with E-state index in [0.717, 1.165) is 38.2 Å². The molecule has 3 atom stereocenters. The van der Waals surface area contributed by atoms with E-state index in [-0.39, 0.29) is 12.5 Å². The van der Waals surface area contributed by atoms with Crippen LogP contribution < -0.4 is 5.32 Å². The highest BCUT2D eigenvalue weighted by molar-refractivity contribution is 7.99. The van der Waals surface area contributed by atoms with Gasteiger partial charge in [0.15, 0.2) is 11.2 Å². The lowest BCUT2D eigenvalue weighted by atomic mass is 9.95. The summed E-state index contributed by atoms with van der Waals surface area (Å²) in [6.45, 7) is 3.90. The molecule has 9 heteroatoms. The van der Waals surface area contributed by atoms with Crippen molar-refractivity contribution in [3.63, 3.8) is 0 Å². The predicted molar refractivity (Wildman–Crippen MR) is 103 cm³/mol. The first-order valence-corrected chi connectivity index (χ1v) is 10.7. The Morgan fingerprint density at radius 3 is 3.15 bits per heavy atom. The van der Waals surface area contributed by atoms with Gasteiger partial charge in [-0.15, -0.1) is 0 Å². The van der Waals surface area contributed by atoms with Crippen molar-refractivity contribution in [2.24, 2.45) is 0 Å². The third kappa shape index (κ3) is 3.21. The number of imidazole rings is 1. The maximum absolute atomic E-state index is 12.9. The highest BCUT2D eigenvalue weighted by Crippen LogP contribution is 2.38. The van der Waals surface area contributed by atoms with Gasteiger partial charge in [0.1, 0.15) is 11.3 Å². The van der Waals surface area contributed by atoms with Crippen LogP contribution in [-0.2, 0) is 15.1 Å². The third-order valence-electron chi connectivity index (χ3n) is 5.43. The Labute approximate surface area is 162 Å². The highest BCUT2D eigenvalue weighted by Gasteiger charge is 2.53. The number of nitrogens with zero attached hydrogens (tertiary/aromatic N) is 4. The second-order valence-electron chi connectivity index (χ2n) is 7.12. The highest BCUT2D eigenvalue weighted by atomic mass is 32.2. The SMILES string of the molecule is CCOC(=O)C1(n2cnc3cnc(C4CCCCNC4)nc32)CSCC1O. The average molecular weight is 391 g/mol. The third-order valence-corrected chi connectivity index (χ3v) is 6.62. The number of ether oxygens (including phenoxy) is 1. The molecule has 0 amide bonds. The molecule has 4 heterocycles. The molecule has 3 unspecified atom stereocenters. The Hall–Kier alpha value is -1.71. The lowest BCUT2D eigenvalue weighted by Crippen LogP contribution is -2.51. The van der Waals surface area contributed by atoms with Gasteiger partial charge in [-0.3, -0.25) is 4.57 Å². The minimum Gasteiger partial charge on any atom is -0.464 e. The number of nitrogens with one attached hydrogen (secondary N) is 1. The molecule has 0 saturated carbocycles. The molecule has 0 spiro atoms. The van der Waals surface area contributed by atoms with Crippen molar-refractivity contribution in [2.45, 2.75) is 43.7 Å². The van der Waals surface area contributed by atoms with Gasteiger partial charge in [0.05, 0.1) is 25.2 Å². The van der Waals surface area contributed by atoms with E-state index in [1.807, 2.05) is 0 Å². The Morgan fingerprint density at radius 2 is 2.37 bits per heavy atom. The molecular formula is C18H25N5O3S. The predicted octanol–water partition coefficient (Wildman–Crippen LogP) is 1.05. The quantitative estimate of drug-likeness (QED) is 0.746. The van der Waals surface area contributed by atoms with Crippen LogP contribution in [0.25, 0.3) is 11.2 Å². The van der Waals surface area contributed by atoms with Crippen LogP contribution in [0.4, 0.5) is 0 Å². The number of hydrogen-bond donors (Lipinski definition) is 2. The molecule has 0 radical (unpaired) electrons. The number of carbonyl (C=O) groups excluding carboxylic acids is 1. The van der Waals surface area contributed by atoms with Crippen molar-refractivity contribution < 1.29 is 14.6 Å². The van der Waals surface area contributed by atoms with Crippen LogP contribution in [0.5, 0.6) is 0 Å². The summed E-state index contributed by atoms with van der Waals surface area (Å²) < 4.78 is 7.03. The Bertz CT molecular complexity index is 820. The summed E-state index contributed by atoms with van der Waals surface area (Å²) >= 11 is 1.53. The van der Waals surface area contributed by atoms with Crippen molar-refractivity contribution in [1.29, 1.82) is 0 Å². The first-order chi connectivity index (χ1) is 13.2. The number of hydrogen-bond acceptors (Lipinski definition) is 8. The molecule has 2 aliphatic heterocycles. The lowest BCUT2D eigenvalue weighted by molar-refractivity contribution is -0.157. The number of aromatic nitrogens is 4. The van der Waals surface area contributed by atoms with Gasteiger partial charge in [-0.1, -0.05) is 6.42 Å². The first-order valence-electron chi connectivity index (χ1n) is 9.51. The van der Waals surface area contributed by atoms with E-state index < -0.39 is 17.6 Å². The summed E-state index contributed by atoms with van der Waals surface area (Å²) in [6.07, 6.45) is 5.78. The van der Waals surface area contributed by atoms with Gasteiger partial charge < -0.3 is 15.2 Å². The van der Waals surface area contributed by atoms with Crippen LogP contribution in [-0.4, -0.2) is 67.9 Å². The van der Waals surface area contributed by atoms with E-state index in [2.05, 4.69) is 15.3 Å². The summed E-state index contributed by atoms with van der Waals surface area (Å²) in [5.41, 5.74) is 0.00917. The molecule has 2 aromatic heterocycles. The van der Waals surface area contributed by atoms with Crippen LogP contribution >= 0.6 is 11.8 Å². The van der Waals surface area contributed by atoms with Crippen LogP contribution in [0.15, 0.2) is 12.5 Å². The first kappa shape index (κ1) is 18.6. The molecule has 2 fully saturated rings. The second-order valence-corrected chi connectivity index (χ2v) is 8.15. The van der Waals surface area contributed by atoms with E-state index in [1.54, 1.807) is 24.0 Å². The molecule has 2 aromatic rings. The van der Waals surface area contributed by atoms with Crippen molar-refractivity contribution in [3.05, 3.63) is 18.3 Å². The Morgan fingerprint density at radius 1 is 1.48 bits per heavy atom.